The van der Waals surface area contributed by atoms with E-state index in [1.165, 1.54) is 37.4 Å². The molecule has 150 valence electrons. The van der Waals surface area contributed by atoms with E-state index < -0.39 is 17.8 Å². The molecule has 0 bridgehead atoms. The van der Waals surface area contributed by atoms with E-state index >= 15 is 0 Å². The normalized spacial score (nSPS) is 11.7. The predicted octanol–water partition coefficient (Wildman–Crippen LogP) is 4.95. The summed E-state index contributed by atoms with van der Waals surface area (Å²) in [6, 6.07) is 9.68. The van der Waals surface area contributed by atoms with Crippen molar-refractivity contribution in [3.8, 4) is 5.75 Å². The first kappa shape index (κ1) is 21.4. The van der Waals surface area contributed by atoms with Gasteiger partial charge in [0.05, 0.1) is 23.4 Å². The highest BCUT2D eigenvalue weighted by Crippen LogP contribution is 2.32. The molecule has 0 radical (unpaired) electrons. The van der Waals surface area contributed by atoms with Gasteiger partial charge in [0.2, 0.25) is 0 Å². The number of hydrogen-bond acceptors (Lipinski definition) is 5. The van der Waals surface area contributed by atoms with E-state index in [2.05, 4.69) is 9.89 Å². The topological polar surface area (TPSA) is 69.2 Å². The van der Waals surface area contributed by atoms with Gasteiger partial charge < -0.3 is 14.4 Å². The van der Waals surface area contributed by atoms with Crippen LogP contribution in [-0.4, -0.2) is 18.9 Å². The molecule has 0 unspecified atom stereocenters. The Balaban J connectivity index is 2.09. The molecule has 6 nitrogen and oxygen atoms in total. The van der Waals surface area contributed by atoms with Crippen LogP contribution in [0, 0.1) is 0 Å². The van der Waals surface area contributed by atoms with Crippen LogP contribution in [-0.2, 0) is 22.4 Å². The van der Waals surface area contributed by atoms with Crippen molar-refractivity contribution in [3.63, 3.8) is 0 Å². The minimum absolute atomic E-state index is 0.0334. The highest BCUT2D eigenvalue weighted by molar-refractivity contribution is 6.32. The van der Waals surface area contributed by atoms with Gasteiger partial charge in [0, 0.05) is 11.1 Å². The van der Waals surface area contributed by atoms with Crippen molar-refractivity contribution in [1.82, 2.24) is 5.48 Å². The average Bonchev–Trinajstić information content (AvgIpc) is 2.66. The van der Waals surface area contributed by atoms with Crippen LogP contribution in [0.5, 0.6) is 5.75 Å². The molecule has 0 aliphatic rings. The number of amides is 1. The van der Waals surface area contributed by atoms with Crippen molar-refractivity contribution in [2.75, 3.05) is 7.11 Å². The second kappa shape index (κ2) is 9.32. The Morgan fingerprint density at radius 2 is 1.93 bits per heavy atom. The first-order valence-corrected chi connectivity index (χ1v) is 8.22. The molecule has 0 saturated heterocycles. The van der Waals surface area contributed by atoms with Gasteiger partial charge in [0.25, 0.3) is 0 Å². The third-order valence-electron chi connectivity index (χ3n) is 3.52. The fourth-order valence-electron chi connectivity index (χ4n) is 2.12. The van der Waals surface area contributed by atoms with Crippen LogP contribution < -0.4 is 10.3 Å². The lowest BCUT2D eigenvalue weighted by molar-refractivity contribution is -0.138. The van der Waals surface area contributed by atoms with E-state index in [-0.39, 0.29) is 22.9 Å². The average molecular weight is 417 g/mol. The number of benzene rings is 2. The van der Waals surface area contributed by atoms with Gasteiger partial charge in [-0.1, -0.05) is 41.0 Å². The number of carbonyl (C=O) groups excluding carboxylic acids is 1. The van der Waals surface area contributed by atoms with Gasteiger partial charge in [0.15, 0.2) is 5.75 Å². The summed E-state index contributed by atoms with van der Waals surface area (Å²) in [6.45, 7) is 1.24. The van der Waals surface area contributed by atoms with Gasteiger partial charge >= 0.3 is 12.3 Å². The SMILES string of the molecule is COC(=O)NOc1cc(/C(C)=N/OCc2ccccc2C(F)(F)F)ccc1Cl. The molecule has 0 aromatic heterocycles. The second-order valence-electron chi connectivity index (χ2n) is 5.45. The Labute approximate surface area is 163 Å². The minimum atomic E-state index is -4.48. The predicted molar refractivity (Wildman–Crippen MR) is 96.1 cm³/mol. The molecule has 2 aromatic rings. The largest absolute Gasteiger partial charge is 0.451 e. The third-order valence-corrected chi connectivity index (χ3v) is 3.84. The van der Waals surface area contributed by atoms with Crippen LogP contribution in [0.4, 0.5) is 18.0 Å². The van der Waals surface area contributed by atoms with Gasteiger partial charge in [-0.05, 0) is 25.1 Å². The number of nitrogens with zero attached hydrogens (tertiary/aromatic N) is 1. The molecule has 0 saturated carbocycles. The number of alkyl halides is 3. The maximum Gasteiger partial charge on any atom is 0.440 e. The summed E-state index contributed by atoms with van der Waals surface area (Å²) >= 11 is 5.98. The van der Waals surface area contributed by atoms with Crippen LogP contribution in [0.1, 0.15) is 23.6 Å². The fraction of sp³-hybridized carbons (Fsp3) is 0.222. The van der Waals surface area contributed by atoms with Crippen molar-refractivity contribution in [1.29, 1.82) is 0 Å². The van der Waals surface area contributed by atoms with Crippen molar-refractivity contribution >= 4 is 23.4 Å². The molecule has 28 heavy (non-hydrogen) atoms. The molecule has 1 amide bonds. The maximum absolute atomic E-state index is 13.0. The Hall–Kier alpha value is -2.94. The minimum Gasteiger partial charge on any atom is -0.451 e. The molecule has 0 aliphatic carbocycles. The molecule has 0 atom stereocenters. The Bertz CT molecular complexity index is 872. The number of halogens is 4. The van der Waals surface area contributed by atoms with Crippen molar-refractivity contribution in [3.05, 3.63) is 64.2 Å². The Kier molecular flexibility index (Phi) is 7.11. The Morgan fingerprint density at radius 1 is 1.21 bits per heavy atom. The van der Waals surface area contributed by atoms with E-state index in [0.717, 1.165) is 6.07 Å². The van der Waals surface area contributed by atoms with Crippen molar-refractivity contribution in [2.45, 2.75) is 19.7 Å². The number of ether oxygens (including phenoxy) is 1. The molecule has 0 aliphatic heterocycles. The summed E-state index contributed by atoms with van der Waals surface area (Å²) in [5, 5.41) is 4.05. The summed E-state index contributed by atoms with van der Waals surface area (Å²) < 4.78 is 43.3. The van der Waals surface area contributed by atoms with E-state index in [1.807, 2.05) is 5.48 Å². The maximum atomic E-state index is 13.0. The van der Waals surface area contributed by atoms with Crippen molar-refractivity contribution in [2.24, 2.45) is 5.16 Å². The van der Waals surface area contributed by atoms with Gasteiger partial charge in [-0.15, -0.1) is 0 Å². The summed E-state index contributed by atoms with van der Waals surface area (Å²) in [5.41, 5.74) is 2.09. The molecule has 0 fully saturated rings. The lowest BCUT2D eigenvalue weighted by atomic mass is 10.1. The quantitative estimate of drug-likeness (QED) is 0.534. The van der Waals surface area contributed by atoms with Crippen LogP contribution >= 0.6 is 11.6 Å². The van der Waals surface area contributed by atoms with Gasteiger partial charge in [-0.3, -0.25) is 0 Å². The smallest absolute Gasteiger partial charge is 0.440 e. The van der Waals surface area contributed by atoms with Crippen LogP contribution in [0.3, 0.4) is 0 Å². The monoisotopic (exact) mass is 416 g/mol. The molecule has 0 spiro atoms. The van der Waals surface area contributed by atoms with Crippen LogP contribution in [0.25, 0.3) is 0 Å². The molecular formula is C18H16ClF3N2O4. The Morgan fingerprint density at radius 3 is 2.61 bits per heavy atom. The molecule has 2 aromatic carbocycles. The lowest BCUT2D eigenvalue weighted by Crippen LogP contribution is -2.26. The summed E-state index contributed by atoms with van der Waals surface area (Å²) in [5.74, 6) is 0.126. The molecule has 1 N–H and O–H groups in total. The van der Waals surface area contributed by atoms with E-state index in [9.17, 15) is 18.0 Å². The lowest BCUT2D eigenvalue weighted by Gasteiger charge is -2.12. The number of methoxy groups -OCH3 is 1. The number of hydrogen-bond donors (Lipinski definition) is 1. The zero-order valence-corrected chi connectivity index (χ0v) is 15.6. The van der Waals surface area contributed by atoms with E-state index in [0.29, 0.717) is 11.3 Å². The van der Waals surface area contributed by atoms with Crippen LogP contribution in [0.15, 0.2) is 47.6 Å². The van der Waals surface area contributed by atoms with E-state index in [4.69, 9.17) is 21.3 Å². The highest BCUT2D eigenvalue weighted by Gasteiger charge is 2.33. The standard InChI is InChI=1S/C18H16ClF3N2O4/c1-11(12-7-8-15(19)16(9-12)28-24-17(25)26-2)23-27-10-13-5-3-4-6-14(13)18(20,21)22/h3-9H,10H2,1-2H3,(H,24,25)/b23-11+. The fourth-order valence-corrected chi connectivity index (χ4v) is 2.28. The molecule has 2 rings (SSSR count). The van der Waals surface area contributed by atoms with Gasteiger partial charge in [0.1, 0.15) is 6.61 Å². The van der Waals surface area contributed by atoms with Gasteiger partial charge in [-0.25, -0.2) is 4.79 Å². The number of carbonyl (C=O) groups is 1. The highest BCUT2D eigenvalue weighted by atomic mass is 35.5. The van der Waals surface area contributed by atoms with E-state index in [1.54, 1.807) is 13.0 Å². The summed E-state index contributed by atoms with van der Waals surface area (Å²) in [4.78, 5) is 21.2. The molecule has 0 heterocycles. The first-order chi connectivity index (χ1) is 13.2. The first-order valence-electron chi connectivity index (χ1n) is 7.84. The number of rotatable bonds is 6. The number of hydroxylamine groups is 1. The van der Waals surface area contributed by atoms with Crippen LogP contribution in [0.2, 0.25) is 5.02 Å². The second-order valence-corrected chi connectivity index (χ2v) is 5.85. The zero-order chi connectivity index (χ0) is 20.7. The molecular weight excluding hydrogens is 401 g/mol. The van der Waals surface area contributed by atoms with Crippen molar-refractivity contribution < 1.29 is 32.4 Å². The third kappa shape index (κ3) is 5.78. The number of nitrogens with one attached hydrogen (secondary N) is 1. The zero-order valence-electron chi connectivity index (χ0n) is 14.8. The molecule has 10 heteroatoms. The number of oxime groups is 1. The van der Waals surface area contributed by atoms with Gasteiger partial charge in [-0.2, -0.15) is 18.7 Å². The summed E-state index contributed by atoms with van der Waals surface area (Å²) in [6.07, 6.45) is -5.30. The summed E-state index contributed by atoms with van der Waals surface area (Å²) in [7, 11) is 1.17.